The third-order valence-corrected chi connectivity index (χ3v) is 4.49. The van der Waals surface area contributed by atoms with Crippen LogP contribution in [-0.2, 0) is 0 Å². The maximum atomic E-state index is 11.1. The smallest absolute Gasteiger partial charge is 0.335 e. The molecular formula is C16H24N2O2. The fourth-order valence-electron chi connectivity index (χ4n) is 3.08. The van der Waals surface area contributed by atoms with Gasteiger partial charge in [0.05, 0.1) is 5.56 Å². The average Bonchev–Trinajstić information content (AvgIpc) is 2.46. The van der Waals surface area contributed by atoms with Gasteiger partial charge in [-0.25, -0.2) is 9.78 Å². The Morgan fingerprint density at radius 2 is 2.00 bits per heavy atom. The fourth-order valence-corrected chi connectivity index (χ4v) is 3.08. The summed E-state index contributed by atoms with van der Waals surface area (Å²) < 4.78 is 0. The van der Waals surface area contributed by atoms with E-state index in [1.54, 1.807) is 12.1 Å². The number of pyridine rings is 1. The first kappa shape index (κ1) is 14.8. The second-order valence-electron chi connectivity index (χ2n) is 5.85. The van der Waals surface area contributed by atoms with Gasteiger partial charge in [0, 0.05) is 18.8 Å². The van der Waals surface area contributed by atoms with Crippen molar-refractivity contribution in [2.24, 2.45) is 5.92 Å². The molecule has 1 aromatic heterocycles. The molecule has 1 fully saturated rings. The number of aromatic nitrogens is 1. The van der Waals surface area contributed by atoms with Crippen LogP contribution in [0.5, 0.6) is 0 Å². The van der Waals surface area contributed by atoms with Gasteiger partial charge >= 0.3 is 5.97 Å². The van der Waals surface area contributed by atoms with Gasteiger partial charge in [0.25, 0.3) is 0 Å². The first-order valence-corrected chi connectivity index (χ1v) is 7.46. The van der Waals surface area contributed by atoms with E-state index in [4.69, 9.17) is 5.11 Å². The Hall–Kier alpha value is -1.58. The summed E-state index contributed by atoms with van der Waals surface area (Å²) in [6.45, 7) is 4.10. The van der Waals surface area contributed by atoms with Crippen molar-refractivity contribution in [3.05, 3.63) is 23.4 Å². The first-order chi connectivity index (χ1) is 9.51. The van der Waals surface area contributed by atoms with Gasteiger partial charge in [0.1, 0.15) is 5.82 Å². The van der Waals surface area contributed by atoms with Crippen molar-refractivity contribution in [2.75, 3.05) is 11.9 Å². The number of nitrogens with zero attached hydrogens (tertiary/aromatic N) is 2. The molecule has 0 bridgehead atoms. The molecule has 0 unspecified atom stereocenters. The van der Waals surface area contributed by atoms with Crippen LogP contribution < -0.4 is 4.90 Å². The number of anilines is 1. The van der Waals surface area contributed by atoms with Gasteiger partial charge in [0.15, 0.2) is 0 Å². The van der Waals surface area contributed by atoms with Crippen LogP contribution in [0.3, 0.4) is 0 Å². The molecule has 2 rings (SSSR count). The predicted molar refractivity (Wildman–Crippen MR) is 80.4 cm³/mol. The van der Waals surface area contributed by atoms with Crippen molar-refractivity contribution in [3.63, 3.8) is 0 Å². The number of aromatic carboxylic acids is 1. The molecule has 0 saturated heterocycles. The summed E-state index contributed by atoms with van der Waals surface area (Å²) in [5, 5.41) is 9.15. The third kappa shape index (κ3) is 3.30. The lowest BCUT2D eigenvalue weighted by atomic mass is 9.84. The van der Waals surface area contributed by atoms with Gasteiger partial charge in [0.2, 0.25) is 0 Å². The van der Waals surface area contributed by atoms with E-state index in [1.807, 2.05) is 14.0 Å². The minimum Gasteiger partial charge on any atom is -0.478 e. The van der Waals surface area contributed by atoms with E-state index in [9.17, 15) is 4.79 Å². The minimum atomic E-state index is -0.889. The Morgan fingerprint density at radius 1 is 1.35 bits per heavy atom. The molecule has 1 heterocycles. The van der Waals surface area contributed by atoms with E-state index >= 15 is 0 Å². The van der Waals surface area contributed by atoms with Crippen molar-refractivity contribution in [2.45, 2.75) is 52.0 Å². The lowest BCUT2D eigenvalue weighted by Gasteiger charge is -2.35. The number of hydrogen-bond acceptors (Lipinski definition) is 3. The summed E-state index contributed by atoms with van der Waals surface area (Å²) in [7, 11) is 2.03. The number of aryl methyl sites for hydroxylation is 1. The van der Waals surface area contributed by atoms with Crippen molar-refractivity contribution in [3.8, 4) is 0 Å². The lowest BCUT2D eigenvalue weighted by Crippen LogP contribution is -2.35. The number of rotatable bonds is 4. The van der Waals surface area contributed by atoms with Gasteiger partial charge < -0.3 is 10.0 Å². The van der Waals surface area contributed by atoms with E-state index in [1.165, 1.54) is 32.1 Å². The highest BCUT2D eigenvalue weighted by atomic mass is 16.4. The molecule has 20 heavy (non-hydrogen) atoms. The predicted octanol–water partition coefficient (Wildman–Crippen LogP) is 3.49. The zero-order valence-corrected chi connectivity index (χ0v) is 12.6. The minimum absolute atomic E-state index is 0.321. The van der Waals surface area contributed by atoms with Gasteiger partial charge in [-0.15, -0.1) is 0 Å². The summed E-state index contributed by atoms with van der Waals surface area (Å²) in [5.74, 6) is 0.752. The van der Waals surface area contributed by atoms with E-state index in [-0.39, 0.29) is 0 Å². The molecule has 110 valence electrons. The zero-order valence-electron chi connectivity index (χ0n) is 12.6. The van der Waals surface area contributed by atoms with Crippen LogP contribution in [0.25, 0.3) is 0 Å². The standard InChI is InChI=1S/C16H24N2O2/c1-4-12-5-7-14(8-6-12)18(3)15-10-13(16(19)20)9-11(2)17-15/h9-10,12,14H,4-8H2,1-3H3,(H,19,20). The molecule has 1 aromatic rings. The zero-order chi connectivity index (χ0) is 14.7. The van der Waals surface area contributed by atoms with Crippen molar-refractivity contribution in [1.29, 1.82) is 0 Å². The van der Waals surface area contributed by atoms with Gasteiger partial charge in [-0.3, -0.25) is 0 Å². The van der Waals surface area contributed by atoms with E-state index in [0.29, 0.717) is 11.6 Å². The van der Waals surface area contributed by atoms with E-state index in [0.717, 1.165) is 17.4 Å². The molecule has 0 spiro atoms. The highest BCUT2D eigenvalue weighted by molar-refractivity contribution is 5.88. The van der Waals surface area contributed by atoms with Crippen molar-refractivity contribution >= 4 is 11.8 Å². The molecule has 0 aromatic carbocycles. The molecule has 0 aliphatic heterocycles. The Balaban J connectivity index is 2.13. The van der Waals surface area contributed by atoms with Crippen LogP contribution in [0.2, 0.25) is 0 Å². The first-order valence-electron chi connectivity index (χ1n) is 7.46. The largest absolute Gasteiger partial charge is 0.478 e. The Kier molecular flexibility index (Phi) is 4.63. The van der Waals surface area contributed by atoms with Gasteiger partial charge in [-0.1, -0.05) is 13.3 Å². The molecule has 0 atom stereocenters. The Bertz CT molecular complexity index is 479. The number of carbonyl (C=O) groups is 1. The Labute approximate surface area is 120 Å². The third-order valence-electron chi connectivity index (χ3n) is 4.49. The second kappa shape index (κ2) is 6.25. The van der Waals surface area contributed by atoms with E-state index < -0.39 is 5.97 Å². The quantitative estimate of drug-likeness (QED) is 0.914. The molecule has 0 radical (unpaired) electrons. The van der Waals surface area contributed by atoms with Crippen molar-refractivity contribution < 1.29 is 9.90 Å². The SMILES string of the molecule is CCC1CCC(N(C)c2cc(C(=O)O)cc(C)n2)CC1. The van der Waals surface area contributed by atoms with Crippen LogP contribution in [-0.4, -0.2) is 29.1 Å². The van der Waals surface area contributed by atoms with Crippen LogP contribution >= 0.6 is 0 Å². The second-order valence-corrected chi connectivity index (χ2v) is 5.85. The lowest BCUT2D eigenvalue weighted by molar-refractivity contribution is 0.0696. The molecular weight excluding hydrogens is 252 g/mol. The molecule has 0 amide bonds. The van der Waals surface area contributed by atoms with Crippen LogP contribution in [0.1, 0.15) is 55.1 Å². The highest BCUT2D eigenvalue weighted by Gasteiger charge is 2.24. The molecule has 1 saturated carbocycles. The van der Waals surface area contributed by atoms with Gasteiger partial charge in [-0.05, 0) is 50.7 Å². The molecule has 4 heteroatoms. The monoisotopic (exact) mass is 276 g/mol. The molecule has 1 aliphatic carbocycles. The molecule has 1 N–H and O–H groups in total. The number of hydrogen-bond donors (Lipinski definition) is 1. The molecule has 4 nitrogen and oxygen atoms in total. The highest BCUT2D eigenvalue weighted by Crippen LogP contribution is 2.30. The summed E-state index contributed by atoms with van der Waals surface area (Å²) in [6, 6.07) is 3.78. The normalized spacial score (nSPS) is 22.6. The summed E-state index contributed by atoms with van der Waals surface area (Å²) >= 11 is 0. The Morgan fingerprint density at radius 3 is 2.55 bits per heavy atom. The maximum Gasteiger partial charge on any atom is 0.335 e. The topological polar surface area (TPSA) is 53.4 Å². The van der Waals surface area contributed by atoms with E-state index in [2.05, 4.69) is 16.8 Å². The van der Waals surface area contributed by atoms with Crippen LogP contribution in [0.15, 0.2) is 12.1 Å². The van der Waals surface area contributed by atoms with Crippen molar-refractivity contribution in [1.82, 2.24) is 4.98 Å². The van der Waals surface area contributed by atoms with Crippen LogP contribution in [0.4, 0.5) is 5.82 Å². The number of carboxylic acids is 1. The summed E-state index contributed by atoms with van der Waals surface area (Å²) in [5.41, 5.74) is 1.08. The van der Waals surface area contributed by atoms with Gasteiger partial charge in [-0.2, -0.15) is 0 Å². The summed E-state index contributed by atoms with van der Waals surface area (Å²) in [4.78, 5) is 17.8. The maximum absolute atomic E-state index is 11.1. The number of carboxylic acid groups (broad SMARTS) is 1. The van der Waals surface area contributed by atoms with Crippen LogP contribution in [0, 0.1) is 12.8 Å². The fraction of sp³-hybridized carbons (Fsp3) is 0.625. The average molecular weight is 276 g/mol. The summed E-state index contributed by atoms with van der Waals surface area (Å²) in [6.07, 6.45) is 6.15. The molecule has 1 aliphatic rings.